The summed E-state index contributed by atoms with van der Waals surface area (Å²) in [6.45, 7) is 0. The molecule has 0 rings (SSSR count). The SMILES string of the molecule is O=C(CCCl)CS(=O)[O-]. The Hall–Kier alpha value is 0.0700. The molecule has 54 valence electrons. The maximum Gasteiger partial charge on any atom is 0.145 e. The molecule has 0 aliphatic carbocycles. The van der Waals surface area contributed by atoms with Crippen LogP contribution in [0.15, 0.2) is 0 Å². The van der Waals surface area contributed by atoms with Gasteiger partial charge in [0.1, 0.15) is 5.78 Å². The molecule has 0 amide bonds. The predicted molar refractivity (Wildman–Crippen MR) is 34.1 cm³/mol. The number of carbonyl (C=O) groups excluding carboxylic acids is 1. The smallest absolute Gasteiger partial charge is 0.145 e. The van der Waals surface area contributed by atoms with Crippen LogP contribution < -0.4 is 0 Å². The zero-order valence-electron chi connectivity index (χ0n) is 4.63. The Labute approximate surface area is 60.7 Å². The quantitative estimate of drug-likeness (QED) is 0.442. The molecule has 0 heterocycles. The van der Waals surface area contributed by atoms with Crippen molar-refractivity contribution in [2.45, 2.75) is 6.42 Å². The fraction of sp³-hybridized carbons (Fsp3) is 0.750. The molecule has 0 aromatic rings. The molecule has 1 atom stereocenters. The Morgan fingerprint density at radius 3 is 2.56 bits per heavy atom. The number of ketones is 1. The molecular weight excluding hydrogens is 164 g/mol. The number of halogens is 1. The second kappa shape index (κ2) is 4.90. The van der Waals surface area contributed by atoms with E-state index in [-0.39, 0.29) is 18.1 Å². The number of hydrogen-bond donors (Lipinski definition) is 0. The van der Waals surface area contributed by atoms with Crippen molar-refractivity contribution in [3.05, 3.63) is 0 Å². The summed E-state index contributed by atoms with van der Waals surface area (Å²) in [5.41, 5.74) is 0. The third-order valence-electron chi connectivity index (χ3n) is 0.652. The number of Topliss-reactive ketones (excluding diaryl/α,β-unsaturated/α-hetero) is 1. The van der Waals surface area contributed by atoms with Gasteiger partial charge in [0.25, 0.3) is 0 Å². The summed E-state index contributed by atoms with van der Waals surface area (Å²) in [7, 11) is 0. The monoisotopic (exact) mass is 169 g/mol. The minimum absolute atomic E-state index is 0.134. The minimum Gasteiger partial charge on any atom is -0.772 e. The average Bonchev–Trinajstić information content (AvgIpc) is 1.63. The van der Waals surface area contributed by atoms with E-state index in [2.05, 4.69) is 0 Å². The molecule has 0 saturated heterocycles. The van der Waals surface area contributed by atoms with E-state index in [0.717, 1.165) is 0 Å². The van der Waals surface area contributed by atoms with Crippen LogP contribution >= 0.6 is 11.6 Å². The maximum absolute atomic E-state index is 10.4. The van der Waals surface area contributed by atoms with Gasteiger partial charge in [-0.15, -0.1) is 11.6 Å². The van der Waals surface area contributed by atoms with Crippen LogP contribution in [-0.2, 0) is 15.9 Å². The van der Waals surface area contributed by atoms with Crippen LogP contribution in [0.2, 0.25) is 0 Å². The average molecular weight is 170 g/mol. The summed E-state index contributed by atoms with van der Waals surface area (Å²) < 4.78 is 19.6. The predicted octanol–water partition coefficient (Wildman–Crippen LogP) is 0.0635. The Morgan fingerprint density at radius 1 is 1.67 bits per heavy atom. The van der Waals surface area contributed by atoms with E-state index in [1.165, 1.54) is 0 Å². The molecule has 0 radical (unpaired) electrons. The highest BCUT2D eigenvalue weighted by Gasteiger charge is 1.98. The molecule has 0 saturated carbocycles. The van der Waals surface area contributed by atoms with Crippen molar-refractivity contribution in [2.75, 3.05) is 11.6 Å². The van der Waals surface area contributed by atoms with Crippen LogP contribution in [0.5, 0.6) is 0 Å². The van der Waals surface area contributed by atoms with Crippen LogP contribution in [0.4, 0.5) is 0 Å². The fourth-order valence-corrected chi connectivity index (χ4v) is 0.927. The molecule has 3 nitrogen and oxygen atoms in total. The lowest BCUT2D eigenvalue weighted by molar-refractivity contribution is -0.116. The summed E-state index contributed by atoms with van der Waals surface area (Å²) in [6, 6.07) is 0. The van der Waals surface area contributed by atoms with Crippen LogP contribution in [-0.4, -0.2) is 26.2 Å². The zero-order valence-corrected chi connectivity index (χ0v) is 6.20. The van der Waals surface area contributed by atoms with Gasteiger partial charge in [0.05, 0.1) is 5.75 Å². The Morgan fingerprint density at radius 2 is 2.22 bits per heavy atom. The van der Waals surface area contributed by atoms with Crippen LogP contribution in [0.3, 0.4) is 0 Å². The summed E-state index contributed by atoms with van der Waals surface area (Å²) in [4.78, 5) is 10.4. The van der Waals surface area contributed by atoms with E-state index in [4.69, 9.17) is 11.6 Å². The second-order valence-corrected chi connectivity index (χ2v) is 2.70. The van der Waals surface area contributed by atoms with E-state index < -0.39 is 16.8 Å². The van der Waals surface area contributed by atoms with Crippen molar-refractivity contribution in [1.82, 2.24) is 0 Å². The van der Waals surface area contributed by atoms with E-state index in [1.54, 1.807) is 0 Å². The first-order valence-electron chi connectivity index (χ1n) is 2.30. The number of carbonyl (C=O) groups is 1. The van der Waals surface area contributed by atoms with Crippen LogP contribution in [0.1, 0.15) is 6.42 Å². The molecule has 0 aromatic carbocycles. The van der Waals surface area contributed by atoms with Gasteiger partial charge in [-0.2, -0.15) is 0 Å². The summed E-state index contributed by atoms with van der Waals surface area (Å²) in [6.07, 6.45) is 0.134. The van der Waals surface area contributed by atoms with Crippen LogP contribution in [0.25, 0.3) is 0 Å². The van der Waals surface area contributed by atoms with E-state index in [9.17, 15) is 13.6 Å². The zero-order chi connectivity index (χ0) is 7.28. The summed E-state index contributed by atoms with van der Waals surface area (Å²) >= 11 is 2.90. The topological polar surface area (TPSA) is 57.2 Å². The normalized spacial score (nSPS) is 13.1. The first kappa shape index (κ1) is 9.07. The van der Waals surface area contributed by atoms with Crippen molar-refractivity contribution in [2.24, 2.45) is 0 Å². The Kier molecular flexibility index (Phi) is 4.94. The van der Waals surface area contributed by atoms with Crippen LogP contribution in [0, 0.1) is 0 Å². The lowest BCUT2D eigenvalue weighted by atomic mass is 10.3. The molecule has 0 aromatic heterocycles. The first-order valence-corrected chi connectivity index (χ1v) is 4.08. The molecular formula is C4H6ClO3S-. The standard InChI is InChI=1S/C4H7ClO3S/c5-2-1-4(6)3-9(7)8/h1-3H2,(H,7,8)/p-1. The van der Waals surface area contributed by atoms with Crippen molar-refractivity contribution in [1.29, 1.82) is 0 Å². The van der Waals surface area contributed by atoms with Gasteiger partial charge in [0.15, 0.2) is 0 Å². The van der Waals surface area contributed by atoms with Crippen molar-refractivity contribution in [3.63, 3.8) is 0 Å². The van der Waals surface area contributed by atoms with Gasteiger partial charge in [-0.25, -0.2) is 0 Å². The maximum atomic E-state index is 10.4. The first-order chi connectivity index (χ1) is 4.16. The number of hydrogen-bond acceptors (Lipinski definition) is 3. The van der Waals surface area contributed by atoms with Gasteiger partial charge in [0, 0.05) is 12.3 Å². The second-order valence-electron chi connectivity index (χ2n) is 1.43. The van der Waals surface area contributed by atoms with Gasteiger partial charge in [-0.1, -0.05) is 0 Å². The number of alkyl halides is 1. The van der Waals surface area contributed by atoms with Gasteiger partial charge < -0.3 is 4.55 Å². The molecule has 0 N–H and O–H groups in total. The summed E-state index contributed by atoms with van der Waals surface area (Å²) in [5.74, 6) is -0.554. The lowest BCUT2D eigenvalue weighted by Gasteiger charge is -2.00. The number of rotatable bonds is 4. The lowest BCUT2D eigenvalue weighted by Crippen LogP contribution is -2.09. The molecule has 0 aliphatic heterocycles. The van der Waals surface area contributed by atoms with Crippen molar-refractivity contribution < 1.29 is 13.6 Å². The third kappa shape index (κ3) is 5.95. The van der Waals surface area contributed by atoms with E-state index >= 15 is 0 Å². The summed E-state index contributed by atoms with van der Waals surface area (Å²) in [5, 5.41) is 0. The largest absolute Gasteiger partial charge is 0.772 e. The van der Waals surface area contributed by atoms with Crippen molar-refractivity contribution in [3.8, 4) is 0 Å². The van der Waals surface area contributed by atoms with Gasteiger partial charge >= 0.3 is 0 Å². The fourth-order valence-electron chi connectivity index (χ4n) is 0.309. The molecule has 1 unspecified atom stereocenters. The van der Waals surface area contributed by atoms with Gasteiger partial charge in [-0.3, -0.25) is 9.00 Å². The van der Waals surface area contributed by atoms with Gasteiger partial charge in [-0.05, 0) is 11.1 Å². The third-order valence-corrected chi connectivity index (χ3v) is 1.40. The molecule has 0 bridgehead atoms. The Bertz CT molecular complexity index is 125. The van der Waals surface area contributed by atoms with Crippen molar-refractivity contribution >= 4 is 28.5 Å². The molecule has 9 heavy (non-hydrogen) atoms. The molecule has 0 spiro atoms. The van der Waals surface area contributed by atoms with E-state index in [1.807, 2.05) is 0 Å². The highest BCUT2D eigenvalue weighted by Crippen LogP contribution is 1.88. The highest BCUT2D eigenvalue weighted by atomic mass is 35.5. The Balaban J connectivity index is 3.39. The highest BCUT2D eigenvalue weighted by molar-refractivity contribution is 7.79. The van der Waals surface area contributed by atoms with E-state index in [0.29, 0.717) is 0 Å². The van der Waals surface area contributed by atoms with Gasteiger partial charge in [0.2, 0.25) is 0 Å². The molecule has 0 aliphatic rings. The molecule has 0 fully saturated rings. The minimum atomic E-state index is -2.26. The molecule has 5 heteroatoms.